The van der Waals surface area contributed by atoms with Crippen LogP contribution in [0.1, 0.15) is 33.1 Å². The number of rotatable bonds is 2. The van der Waals surface area contributed by atoms with Gasteiger partial charge < -0.3 is 4.90 Å². The number of likely N-dealkylation sites (tertiary alicyclic amines) is 1. The highest BCUT2D eigenvalue weighted by atomic mass is 79.9. The number of alkyl halides is 1. The summed E-state index contributed by atoms with van der Waals surface area (Å²) in [7, 11) is 0. The largest absolute Gasteiger partial charge is 0.338 e. The summed E-state index contributed by atoms with van der Waals surface area (Å²) in [6.45, 7) is 5.45. The zero-order chi connectivity index (χ0) is 9.64. The van der Waals surface area contributed by atoms with E-state index in [1.165, 1.54) is 12.8 Å². The maximum atomic E-state index is 11.7. The molecule has 2 aliphatic rings. The van der Waals surface area contributed by atoms with Crippen LogP contribution in [0, 0.1) is 5.41 Å². The molecule has 1 saturated carbocycles. The predicted molar refractivity (Wildman–Crippen MR) is 55.8 cm³/mol. The van der Waals surface area contributed by atoms with Crippen LogP contribution in [-0.2, 0) is 4.79 Å². The first-order chi connectivity index (χ1) is 6.08. The van der Waals surface area contributed by atoms with Crippen LogP contribution >= 0.6 is 15.9 Å². The van der Waals surface area contributed by atoms with Crippen molar-refractivity contribution in [3.63, 3.8) is 0 Å². The summed E-state index contributed by atoms with van der Waals surface area (Å²) in [5.74, 6) is 0.308. The van der Waals surface area contributed by atoms with Crippen LogP contribution < -0.4 is 0 Å². The molecule has 3 atom stereocenters. The highest BCUT2D eigenvalue weighted by Crippen LogP contribution is 2.52. The Morgan fingerprint density at radius 1 is 1.69 bits per heavy atom. The Morgan fingerprint density at radius 3 is 2.77 bits per heavy atom. The van der Waals surface area contributed by atoms with E-state index in [0.29, 0.717) is 17.4 Å². The van der Waals surface area contributed by atoms with Crippen LogP contribution in [-0.4, -0.2) is 28.2 Å². The Labute approximate surface area is 87.8 Å². The van der Waals surface area contributed by atoms with Gasteiger partial charge in [-0.1, -0.05) is 29.8 Å². The average molecular weight is 246 g/mol. The highest BCUT2D eigenvalue weighted by molar-refractivity contribution is 9.10. The van der Waals surface area contributed by atoms with Gasteiger partial charge in [0, 0.05) is 12.6 Å². The van der Waals surface area contributed by atoms with E-state index in [9.17, 15) is 4.79 Å². The van der Waals surface area contributed by atoms with Crippen molar-refractivity contribution in [1.82, 2.24) is 4.90 Å². The Morgan fingerprint density at radius 2 is 2.38 bits per heavy atom. The molecule has 1 aliphatic heterocycles. The summed E-state index contributed by atoms with van der Waals surface area (Å²) >= 11 is 3.41. The number of carbonyl (C=O) groups is 1. The minimum atomic E-state index is 0.0919. The van der Waals surface area contributed by atoms with E-state index in [0.717, 1.165) is 13.0 Å². The summed E-state index contributed by atoms with van der Waals surface area (Å²) in [5.41, 5.74) is 0.423. The topological polar surface area (TPSA) is 20.3 Å². The van der Waals surface area contributed by atoms with Crippen molar-refractivity contribution in [2.75, 3.05) is 6.54 Å². The fourth-order valence-corrected chi connectivity index (χ4v) is 2.69. The van der Waals surface area contributed by atoms with Gasteiger partial charge in [-0.3, -0.25) is 4.79 Å². The molecule has 74 valence electrons. The standard InChI is InChI=1S/C10H16BrNO/c1-3-10(2)6-8(10)12-5-4-7(11)9(12)13/h7-8H,3-6H2,1-2H3. The third-order valence-corrected chi connectivity index (χ3v) is 4.51. The van der Waals surface area contributed by atoms with Gasteiger partial charge in [-0.2, -0.15) is 0 Å². The van der Waals surface area contributed by atoms with Crippen LogP contribution in [0.3, 0.4) is 0 Å². The van der Waals surface area contributed by atoms with Crippen LogP contribution in [0.25, 0.3) is 0 Å². The van der Waals surface area contributed by atoms with Crippen molar-refractivity contribution in [3.05, 3.63) is 0 Å². The minimum Gasteiger partial charge on any atom is -0.338 e. The van der Waals surface area contributed by atoms with Gasteiger partial charge in [0.25, 0.3) is 0 Å². The van der Waals surface area contributed by atoms with E-state index in [4.69, 9.17) is 0 Å². The Hall–Kier alpha value is -0.0500. The van der Waals surface area contributed by atoms with Gasteiger partial charge in [-0.25, -0.2) is 0 Å². The number of amides is 1. The zero-order valence-electron chi connectivity index (χ0n) is 8.22. The van der Waals surface area contributed by atoms with Gasteiger partial charge in [0.15, 0.2) is 0 Å². The molecule has 2 nitrogen and oxygen atoms in total. The van der Waals surface area contributed by atoms with Crippen molar-refractivity contribution in [2.24, 2.45) is 5.41 Å². The Balaban J connectivity index is 2.01. The fourth-order valence-electron chi connectivity index (χ4n) is 2.22. The van der Waals surface area contributed by atoms with Crippen LogP contribution in [0.5, 0.6) is 0 Å². The van der Waals surface area contributed by atoms with Crippen molar-refractivity contribution in [3.8, 4) is 0 Å². The third-order valence-electron chi connectivity index (χ3n) is 3.66. The van der Waals surface area contributed by atoms with Crippen molar-refractivity contribution in [2.45, 2.75) is 44.0 Å². The molecule has 0 aromatic carbocycles. The normalized spacial score (nSPS) is 44.2. The lowest BCUT2D eigenvalue weighted by Crippen LogP contribution is -2.32. The molecule has 13 heavy (non-hydrogen) atoms. The summed E-state index contributed by atoms with van der Waals surface area (Å²) in [4.78, 5) is 13.8. The maximum absolute atomic E-state index is 11.7. The minimum absolute atomic E-state index is 0.0919. The highest BCUT2D eigenvalue weighted by Gasteiger charge is 2.54. The van der Waals surface area contributed by atoms with Crippen molar-refractivity contribution < 1.29 is 4.79 Å². The molecule has 0 spiro atoms. The first kappa shape index (κ1) is 9.50. The monoisotopic (exact) mass is 245 g/mol. The van der Waals surface area contributed by atoms with E-state index < -0.39 is 0 Å². The number of hydrogen-bond acceptors (Lipinski definition) is 1. The molecule has 1 amide bonds. The lowest BCUT2D eigenvalue weighted by Gasteiger charge is -2.19. The Bertz CT molecular complexity index is 243. The molecule has 2 rings (SSSR count). The molecule has 1 saturated heterocycles. The third kappa shape index (κ3) is 1.41. The zero-order valence-corrected chi connectivity index (χ0v) is 9.80. The molecule has 0 aromatic rings. The first-order valence-corrected chi connectivity index (χ1v) is 5.94. The molecule has 0 bridgehead atoms. The number of halogens is 1. The molecular weight excluding hydrogens is 230 g/mol. The van der Waals surface area contributed by atoms with Gasteiger partial charge in [-0.15, -0.1) is 0 Å². The molecule has 0 aromatic heterocycles. The number of nitrogens with zero attached hydrogens (tertiary/aromatic N) is 1. The van der Waals surface area contributed by atoms with Gasteiger partial charge in [0.1, 0.15) is 0 Å². The lowest BCUT2D eigenvalue weighted by molar-refractivity contribution is -0.128. The summed E-state index contributed by atoms with van der Waals surface area (Å²) in [6, 6.07) is 0.535. The molecule has 2 fully saturated rings. The number of carbonyl (C=O) groups excluding carboxylic acids is 1. The SMILES string of the molecule is CCC1(C)CC1N1CCC(Br)C1=O. The smallest absolute Gasteiger partial charge is 0.236 e. The van der Waals surface area contributed by atoms with Gasteiger partial charge in [-0.05, 0) is 24.7 Å². The second-order valence-electron chi connectivity index (χ2n) is 4.52. The molecule has 0 radical (unpaired) electrons. The van der Waals surface area contributed by atoms with Crippen LogP contribution in [0.15, 0.2) is 0 Å². The summed E-state index contributed by atoms with van der Waals surface area (Å²) < 4.78 is 0. The van der Waals surface area contributed by atoms with Crippen LogP contribution in [0.2, 0.25) is 0 Å². The number of hydrogen-bond donors (Lipinski definition) is 0. The van der Waals surface area contributed by atoms with E-state index >= 15 is 0 Å². The van der Waals surface area contributed by atoms with E-state index in [2.05, 4.69) is 34.7 Å². The summed E-state index contributed by atoms with van der Waals surface area (Å²) in [5, 5.41) is 0. The van der Waals surface area contributed by atoms with Crippen LogP contribution in [0.4, 0.5) is 0 Å². The molecular formula is C10H16BrNO. The lowest BCUT2D eigenvalue weighted by atomic mass is 10.1. The van der Waals surface area contributed by atoms with Crippen molar-refractivity contribution in [1.29, 1.82) is 0 Å². The van der Waals surface area contributed by atoms with E-state index in [-0.39, 0.29) is 4.83 Å². The second-order valence-corrected chi connectivity index (χ2v) is 5.62. The maximum Gasteiger partial charge on any atom is 0.236 e. The quantitative estimate of drug-likeness (QED) is 0.684. The molecule has 0 N–H and O–H groups in total. The van der Waals surface area contributed by atoms with E-state index in [1.54, 1.807) is 0 Å². The van der Waals surface area contributed by atoms with Gasteiger partial charge in [0.05, 0.1) is 4.83 Å². The fraction of sp³-hybridized carbons (Fsp3) is 0.900. The predicted octanol–water partition coefficient (Wildman–Crippen LogP) is 2.17. The summed E-state index contributed by atoms with van der Waals surface area (Å²) in [6.07, 6.45) is 3.37. The Kier molecular flexibility index (Phi) is 2.17. The second kappa shape index (κ2) is 2.97. The van der Waals surface area contributed by atoms with Crippen molar-refractivity contribution >= 4 is 21.8 Å². The van der Waals surface area contributed by atoms with Gasteiger partial charge >= 0.3 is 0 Å². The molecule has 3 unspecified atom stereocenters. The average Bonchev–Trinajstić information content (AvgIpc) is 2.68. The van der Waals surface area contributed by atoms with E-state index in [1.807, 2.05) is 0 Å². The molecule has 1 aliphatic carbocycles. The van der Waals surface area contributed by atoms with Gasteiger partial charge in [0.2, 0.25) is 5.91 Å². The first-order valence-electron chi connectivity index (χ1n) is 5.03. The molecule has 3 heteroatoms. The molecule has 1 heterocycles.